The van der Waals surface area contributed by atoms with Crippen LogP contribution in [0.4, 0.5) is 0 Å². The number of ether oxygens (including phenoxy) is 1. The standard InChI is InChI=1S/C6H7O/c1-3-4-5-6-7-2/h3-4H,1H2,2H3/q+1. The van der Waals surface area contributed by atoms with Gasteiger partial charge in [0.2, 0.25) is 0 Å². The molecule has 0 bridgehead atoms. The zero-order valence-electron chi connectivity index (χ0n) is 4.27. The van der Waals surface area contributed by atoms with Crippen LogP contribution in [0.5, 0.6) is 0 Å². The van der Waals surface area contributed by atoms with Crippen LogP contribution in [0.2, 0.25) is 0 Å². The average molecular weight is 95.1 g/mol. The van der Waals surface area contributed by atoms with E-state index in [0.29, 0.717) is 0 Å². The molecule has 0 aromatic carbocycles. The van der Waals surface area contributed by atoms with Crippen molar-refractivity contribution in [2.75, 3.05) is 7.11 Å². The summed E-state index contributed by atoms with van der Waals surface area (Å²) in [7, 11) is 1.52. The highest BCUT2D eigenvalue weighted by Crippen LogP contribution is 1.69. The molecule has 0 amide bonds. The van der Waals surface area contributed by atoms with Crippen LogP contribution in [0.25, 0.3) is 0 Å². The van der Waals surface area contributed by atoms with Crippen LogP contribution in [0.15, 0.2) is 12.7 Å². The monoisotopic (exact) mass is 95.0 g/mol. The van der Waals surface area contributed by atoms with Gasteiger partial charge in [-0.25, -0.2) is 0 Å². The quantitative estimate of drug-likeness (QED) is 0.348. The van der Waals surface area contributed by atoms with Gasteiger partial charge in [0.05, 0.1) is 6.42 Å². The lowest BCUT2D eigenvalue weighted by atomic mass is 10.4. The molecule has 1 nitrogen and oxygen atoms in total. The second-order valence-electron chi connectivity index (χ2n) is 0.853. The topological polar surface area (TPSA) is 9.23 Å². The SMILES string of the molecule is C=C[CH+]C#COC. The largest absolute Gasteiger partial charge is 0.384 e. The van der Waals surface area contributed by atoms with E-state index in [4.69, 9.17) is 0 Å². The summed E-state index contributed by atoms with van der Waals surface area (Å²) < 4.78 is 4.40. The molecule has 0 rings (SSSR count). The van der Waals surface area contributed by atoms with Gasteiger partial charge in [0.25, 0.3) is 6.11 Å². The molecule has 0 heterocycles. The van der Waals surface area contributed by atoms with Gasteiger partial charge in [0, 0.05) is 6.08 Å². The number of hydrogen-bond acceptors (Lipinski definition) is 1. The number of allylic oxidation sites excluding steroid dienone is 1. The molecule has 0 aliphatic carbocycles. The Labute approximate surface area is 44.0 Å². The Morgan fingerprint density at radius 3 is 3.00 bits per heavy atom. The highest BCUT2D eigenvalue weighted by Gasteiger charge is 1.71. The minimum atomic E-state index is 1.52. The van der Waals surface area contributed by atoms with E-state index in [9.17, 15) is 0 Å². The zero-order chi connectivity index (χ0) is 5.54. The van der Waals surface area contributed by atoms with E-state index in [1.54, 1.807) is 12.5 Å². The van der Waals surface area contributed by atoms with Crippen LogP contribution >= 0.6 is 0 Å². The molecule has 0 saturated heterocycles. The van der Waals surface area contributed by atoms with E-state index < -0.39 is 0 Å². The highest BCUT2D eigenvalue weighted by atomic mass is 16.5. The maximum Gasteiger partial charge on any atom is 0.275 e. The minimum absolute atomic E-state index is 1.52. The third-order valence-electron chi connectivity index (χ3n) is 0.362. The third kappa shape index (κ3) is 4.97. The Kier molecular flexibility index (Phi) is 4.24. The van der Waals surface area contributed by atoms with Crippen molar-refractivity contribution >= 4 is 0 Å². The molecule has 0 radical (unpaired) electrons. The van der Waals surface area contributed by atoms with Gasteiger partial charge >= 0.3 is 0 Å². The van der Waals surface area contributed by atoms with Crippen molar-refractivity contribution < 1.29 is 4.74 Å². The van der Waals surface area contributed by atoms with Crippen molar-refractivity contribution in [3.8, 4) is 12.0 Å². The van der Waals surface area contributed by atoms with Crippen LogP contribution in [0.1, 0.15) is 0 Å². The van der Waals surface area contributed by atoms with Gasteiger partial charge in [0.15, 0.2) is 0 Å². The molecule has 7 heavy (non-hydrogen) atoms. The summed E-state index contributed by atoms with van der Waals surface area (Å²) in [5.74, 6) is 2.57. The molecule has 0 atom stereocenters. The van der Waals surface area contributed by atoms with Gasteiger partial charge in [0.1, 0.15) is 13.0 Å². The lowest BCUT2D eigenvalue weighted by molar-refractivity contribution is 0.372. The van der Waals surface area contributed by atoms with Gasteiger partial charge in [-0.15, -0.1) is 0 Å². The summed E-state index contributed by atoms with van der Waals surface area (Å²) in [6.07, 6.45) is 5.59. The second-order valence-corrected chi connectivity index (χ2v) is 0.853. The first kappa shape index (κ1) is 5.97. The van der Waals surface area contributed by atoms with Gasteiger partial charge in [-0.1, -0.05) is 0 Å². The molecule has 0 aromatic rings. The molecule has 0 unspecified atom stereocenters. The first-order valence-electron chi connectivity index (χ1n) is 1.89. The zero-order valence-corrected chi connectivity index (χ0v) is 4.27. The van der Waals surface area contributed by atoms with Crippen molar-refractivity contribution in [3.63, 3.8) is 0 Å². The van der Waals surface area contributed by atoms with Crippen LogP contribution in [-0.2, 0) is 4.74 Å². The Morgan fingerprint density at radius 1 is 1.86 bits per heavy atom. The van der Waals surface area contributed by atoms with E-state index in [0.717, 1.165) is 0 Å². The van der Waals surface area contributed by atoms with Crippen molar-refractivity contribution in [1.82, 2.24) is 0 Å². The molecule has 0 fully saturated rings. The Bertz CT molecular complexity index is 94.5. The summed E-state index contributed by atoms with van der Waals surface area (Å²) >= 11 is 0. The van der Waals surface area contributed by atoms with Gasteiger partial charge < -0.3 is 4.74 Å². The van der Waals surface area contributed by atoms with E-state index in [2.05, 4.69) is 23.3 Å². The molecule has 0 spiro atoms. The highest BCUT2D eigenvalue weighted by molar-refractivity contribution is 5.13. The fraction of sp³-hybridized carbons (Fsp3) is 0.167. The van der Waals surface area contributed by atoms with Crippen LogP contribution in [0, 0.1) is 18.4 Å². The summed E-state index contributed by atoms with van der Waals surface area (Å²) in [5, 5.41) is 0. The van der Waals surface area contributed by atoms with Crippen molar-refractivity contribution in [2.45, 2.75) is 0 Å². The fourth-order valence-corrected chi connectivity index (χ4v) is 0.152. The number of methoxy groups -OCH3 is 1. The third-order valence-corrected chi connectivity index (χ3v) is 0.362. The Balaban J connectivity index is 3.06. The van der Waals surface area contributed by atoms with Crippen molar-refractivity contribution in [1.29, 1.82) is 0 Å². The molecular weight excluding hydrogens is 88.1 g/mol. The molecule has 0 saturated carbocycles. The maximum atomic E-state index is 4.40. The molecule has 0 aromatic heterocycles. The predicted molar refractivity (Wildman–Crippen MR) is 29.3 cm³/mol. The Hall–Kier alpha value is -1.03. The van der Waals surface area contributed by atoms with E-state index in [1.807, 2.05) is 0 Å². The van der Waals surface area contributed by atoms with E-state index in [1.165, 1.54) is 7.11 Å². The van der Waals surface area contributed by atoms with Gasteiger partial charge in [-0.2, -0.15) is 0 Å². The maximum absolute atomic E-state index is 4.40. The molecule has 0 N–H and O–H groups in total. The molecule has 0 aliphatic rings. The van der Waals surface area contributed by atoms with Crippen LogP contribution in [0.3, 0.4) is 0 Å². The first-order chi connectivity index (χ1) is 3.41. The van der Waals surface area contributed by atoms with Gasteiger partial charge in [-0.3, -0.25) is 0 Å². The normalized spacial score (nSPS) is 5.29. The Morgan fingerprint density at radius 2 is 2.57 bits per heavy atom. The lowest BCUT2D eigenvalue weighted by Crippen LogP contribution is -1.63. The summed E-state index contributed by atoms with van der Waals surface area (Å²) in [6, 6.07) is 0. The molecule has 1 heteroatoms. The number of hydrogen-bond donors (Lipinski definition) is 0. The van der Waals surface area contributed by atoms with Gasteiger partial charge in [-0.05, 0) is 6.58 Å². The first-order valence-corrected chi connectivity index (χ1v) is 1.89. The van der Waals surface area contributed by atoms with E-state index >= 15 is 0 Å². The molecule has 36 valence electrons. The average Bonchev–Trinajstić information content (AvgIpc) is 1.69. The second kappa shape index (κ2) is 4.97. The van der Waals surface area contributed by atoms with Crippen LogP contribution in [-0.4, -0.2) is 7.11 Å². The lowest BCUT2D eigenvalue weighted by Gasteiger charge is -1.64. The molecular formula is C6H7O+. The summed E-state index contributed by atoms with van der Waals surface area (Å²) in [6.45, 7) is 3.42. The minimum Gasteiger partial charge on any atom is -0.384 e. The van der Waals surface area contributed by atoms with E-state index in [-0.39, 0.29) is 0 Å². The summed E-state index contributed by atoms with van der Waals surface area (Å²) in [4.78, 5) is 0. The fourth-order valence-electron chi connectivity index (χ4n) is 0.152. The smallest absolute Gasteiger partial charge is 0.275 e. The van der Waals surface area contributed by atoms with Crippen LogP contribution < -0.4 is 0 Å². The predicted octanol–water partition coefficient (Wildman–Crippen LogP) is 0.984. The van der Waals surface area contributed by atoms with Crippen molar-refractivity contribution in [2.24, 2.45) is 0 Å². The molecule has 0 aliphatic heterocycles. The summed E-state index contributed by atoms with van der Waals surface area (Å²) in [5.41, 5.74) is 0. The number of rotatable bonds is 1. The van der Waals surface area contributed by atoms with Crippen molar-refractivity contribution in [3.05, 3.63) is 19.1 Å².